The summed E-state index contributed by atoms with van der Waals surface area (Å²) in [5.74, 6) is 1.66. The van der Waals surface area contributed by atoms with E-state index in [4.69, 9.17) is 0 Å². The predicted molar refractivity (Wildman–Crippen MR) is 75.4 cm³/mol. The zero-order valence-electron chi connectivity index (χ0n) is 12.3. The summed E-state index contributed by atoms with van der Waals surface area (Å²) < 4.78 is 1.87. The molecule has 7 nitrogen and oxygen atoms in total. The molecule has 0 aromatic carbocycles. The third kappa shape index (κ3) is 3.22. The highest BCUT2D eigenvalue weighted by molar-refractivity contribution is 5.88. The molecule has 1 aromatic heterocycles. The molecular weight excluding hydrogens is 270 g/mol. The van der Waals surface area contributed by atoms with Crippen molar-refractivity contribution >= 4 is 11.8 Å². The lowest BCUT2D eigenvalue weighted by atomic mass is 10.1. The van der Waals surface area contributed by atoms with Crippen LogP contribution in [0, 0.1) is 6.92 Å². The van der Waals surface area contributed by atoms with Crippen molar-refractivity contribution < 1.29 is 9.59 Å². The van der Waals surface area contributed by atoms with Gasteiger partial charge in [0.05, 0.1) is 6.54 Å². The Morgan fingerprint density at radius 3 is 3.05 bits per heavy atom. The lowest BCUT2D eigenvalue weighted by Crippen LogP contribution is -2.50. The van der Waals surface area contributed by atoms with Crippen molar-refractivity contribution in [3.63, 3.8) is 0 Å². The Morgan fingerprint density at radius 2 is 2.19 bits per heavy atom. The van der Waals surface area contributed by atoms with Crippen molar-refractivity contribution in [2.75, 3.05) is 0 Å². The molecule has 3 rings (SSSR count). The van der Waals surface area contributed by atoms with Crippen LogP contribution in [-0.2, 0) is 22.6 Å². The largest absolute Gasteiger partial charge is 0.350 e. The summed E-state index contributed by atoms with van der Waals surface area (Å²) in [4.78, 5) is 28.2. The van der Waals surface area contributed by atoms with Crippen LogP contribution in [-0.4, -0.2) is 38.7 Å². The number of nitrogens with one attached hydrogen (secondary N) is 2. The highest BCUT2D eigenvalue weighted by Crippen LogP contribution is 2.14. The fourth-order valence-electron chi connectivity index (χ4n) is 3.02. The second-order valence-corrected chi connectivity index (χ2v) is 5.87. The summed E-state index contributed by atoms with van der Waals surface area (Å²) >= 11 is 0. The fraction of sp³-hybridized carbons (Fsp3) is 0.714. The van der Waals surface area contributed by atoms with Gasteiger partial charge in [-0.15, -0.1) is 0 Å². The molecule has 2 N–H and O–H groups in total. The van der Waals surface area contributed by atoms with Crippen LogP contribution >= 0.6 is 0 Å². The maximum atomic E-state index is 12.3. The van der Waals surface area contributed by atoms with Gasteiger partial charge in [-0.05, 0) is 26.2 Å². The lowest BCUT2D eigenvalue weighted by molar-refractivity contribution is -0.129. The minimum Gasteiger partial charge on any atom is -0.350 e. The van der Waals surface area contributed by atoms with Gasteiger partial charge in [-0.3, -0.25) is 9.59 Å². The smallest absolute Gasteiger partial charge is 0.242 e. The number of fused-ring (bicyclic) bond motifs is 1. The average molecular weight is 291 g/mol. The summed E-state index contributed by atoms with van der Waals surface area (Å²) in [7, 11) is 0. The first-order chi connectivity index (χ1) is 10.1. The molecule has 2 aliphatic rings. The molecule has 2 atom stereocenters. The van der Waals surface area contributed by atoms with Gasteiger partial charge >= 0.3 is 0 Å². The molecule has 0 bridgehead atoms. The van der Waals surface area contributed by atoms with Crippen LogP contribution in [0.1, 0.15) is 43.8 Å². The zero-order valence-corrected chi connectivity index (χ0v) is 12.3. The molecule has 0 spiro atoms. The van der Waals surface area contributed by atoms with Crippen molar-refractivity contribution in [2.24, 2.45) is 0 Å². The quantitative estimate of drug-likeness (QED) is 0.807. The van der Waals surface area contributed by atoms with Crippen LogP contribution in [0.3, 0.4) is 0 Å². The van der Waals surface area contributed by atoms with Crippen molar-refractivity contribution in [1.82, 2.24) is 25.4 Å². The number of hydrogen-bond donors (Lipinski definition) is 2. The number of aromatic nitrogens is 3. The molecule has 2 amide bonds. The molecule has 0 aliphatic carbocycles. The summed E-state index contributed by atoms with van der Waals surface area (Å²) in [5, 5.41) is 10.2. The Bertz CT molecular complexity index is 554. The van der Waals surface area contributed by atoms with Crippen LogP contribution in [0.4, 0.5) is 0 Å². The number of nitrogens with zero attached hydrogens (tertiary/aromatic N) is 3. The Hall–Kier alpha value is -1.92. The zero-order chi connectivity index (χ0) is 14.8. The second kappa shape index (κ2) is 5.83. The molecule has 1 saturated heterocycles. The number of hydrogen-bond acceptors (Lipinski definition) is 4. The Kier molecular flexibility index (Phi) is 3.90. The molecular formula is C14H21N5O2. The van der Waals surface area contributed by atoms with Crippen molar-refractivity contribution in [1.29, 1.82) is 0 Å². The molecule has 1 fully saturated rings. The monoisotopic (exact) mass is 291 g/mol. The molecule has 21 heavy (non-hydrogen) atoms. The van der Waals surface area contributed by atoms with E-state index in [1.807, 2.05) is 11.6 Å². The molecule has 2 unspecified atom stereocenters. The lowest BCUT2D eigenvalue weighted by Gasteiger charge is -2.25. The van der Waals surface area contributed by atoms with Gasteiger partial charge < -0.3 is 10.6 Å². The van der Waals surface area contributed by atoms with E-state index in [-0.39, 0.29) is 23.9 Å². The van der Waals surface area contributed by atoms with Crippen LogP contribution in [0.2, 0.25) is 0 Å². The standard InChI is InChI=1S/C14H21N5O2/c1-9-15-12-7-6-10(8-19(12)18-9)16-14(21)11-4-2-3-5-13(20)17-11/h10-11H,2-8H2,1H3,(H,16,21)(H,17,20). The third-order valence-corrected chi connectivity index (χ3v) is 4.11. The van der Waals surface area contributed by atoms with E-state index in [0.717, 1.165) is 43.8 Å². The number of carbonyl (C=O) groups is 2. The van der Waals surface area contributed by atoms with Crippen LogP contribution in [0.25, 0.3) is 0 Å². The average Bonchev–Trinajstić information content (AvgIpc) is 2.66. The minimum absolute atomic E-state index is 0.0227. The summed E-state index contributed by atoms with van der Waals surface area (Å²) in [6.45, 7) is 2.53. The van der Waals surface area contributed by atoms with Crippen LogP contribution in [0.15, 0.2) is 0 Å². The van der Waals surface area contributed by atoms with Gasteiger partial charge in [-0.25, -0.2) is 9.67 Å². The SMILES string of the molecule is Cc1nc2n(n1)CC(NC(=O)C1CCCCC(=O)N1)CC2. The molecule has 3 heterocycles. The maximum absolute atomic E-state index is 12.3. The van der Waals surface area contributed by atoms with E-state index in [1.165, 1.54) is 0 Å². The number of amides is 2. The van der Waals surface area contributed by atoms with Gasteiger partial charge in [-0.2, -0.15) is 5.10 Å². The van der Waals surface area contributed by atoms with Gasteiger partial charge in [0.2, 0.25) is 11.8 Å². The normalized spacial score (nSPS) is 25.7. The molecule has 114 valence electrons. The maximum Gasteiger partial charge on any atom is 0.242 e. The second-order valence-electron chi connectivity index (χ2n) is 5.87. The first-order valence-electron chi connectivity index (χ1n) is 7.62. The molecule has 0 radical (unpaired) electrons. The first-order valence-corrected chi connectivity index (χ1v) is 7.62. The number of rotatable bonds is 2. The fourth-order valence-corrected chi connectivity index (χ4v) is 3.02. The van der Waals surface area contributed by atoms with Gasteiger partial charge in [0, 0.05) is 18.9 Å². The van der Waals surface area contributed by atoms with Gasteiger partial charge in [0.1, 0.15) is 17.7 Å². The van der Waals surface area contributed by atoms with Crippen molar-refractivity contribution in [2.45, 2.75) is 64.1 Å². The van der Waals surface area contributed by atoms with E-state index in [2.05, 4.69) is 20.7 Å². The third-order valence-electron chi connectivity index (χ3n) is 4.11. The Balaban J connectivity index is 1.59. The highest BCUT2D eigenvalue weighted by Gasteiger charge is 2.27. The van der Waals surface area contributed by atoms with Gasteiger partial charge in [0.15, 0.2) is 0 Å². The molecule has 7 heteroatoms. The summed E-state index contributed by atoms with van der Waals surface area (Å²) in [6, 6.07) is -0.329. The predicted octanol–water partition coefficient (Wildman–Crippen LogP) is 0.0763. The highest BCUT2D eigenvalue weighted by atomic mass is 16.2. The van der Waals surface area contributed by atoms with Crippen LogP contribution in [0.5, 0.6) is 0 Å². The van der Waals surface area contributed by atoms with E-state index in [9.17, 15) is 9.59 Å². The topological polar surface area (TPSA) is 88.9 Å². The first kappa shape index (κ1) is 14.0. The molecule has 0 saturated carbocycles. The van der Waals surface area contributed by atoms with E-state index in [1.54, 1.807) is 0 Å². The Labute approximate surface area is 123 Å². The van der Waals surface area contributed by atoms with E-state index in [0.29, 0.717) is 13.0 Å². The Morgan fingerprint density at radius 1 is 1.33 bits per heavy atom. The summed E-state index contributed by atoms with van der Waals surface area (Å²) in [6.07, 6.45) is 4.70. The van der Waals surface area contributed by atoms with Crippen molar-refractivity contribution in [3.05, 3.63) is 11.6 Å². The van der Waals surface area contributed by atoms with E-state index >= 15 is 0 Å². The van der Waals surface area contributed by atoms with E-state index < -0.39 is 0 Å². The van der Waals surface area contributed by atoms with Gasteiger partial charge in [-0.1, -0.05) is 6.42 Å². The van der Waals surface area contributed by atoms with Crippen molar-refractivity contribution in [3.8, 4) is 0 Å². The van der Waals surface area contributed by atoms with Crippen LogP contribution < -0.4 is 10.6 Å². The van der Waals surface area contributed by atoms with Gasteiger partial charge in [0.25, 0.3) is 0 Å². The molecule has 1 aromatic rings. The number of aryl methyl sites for hydroxylation is 2. The summed E-state index contributed by atoms with van der Waals surface area (Å²) in [5.41, 5.74) is 0. The minimum atomic E-state index is -0.390. The number of carbonyl (C=O) groups excluding carboxylic acids is 2. The molecule has 2 aliphatic heterocycles.